The molecule has 1 amide bonds. The number of nitrogens with zero attached hydrogens (tertiary/aromatic N) is 1. The first kappa shape index (κ1) is 13.9. The highest BCUT2D eigenvalue weighted by molar-refractivity contribution is 7.15. The predicted octanol–water partition coefficient (Wildman–Crippen LogP) is 4.39. The van der Waals surface area contributed by atoms with Gasteiger partial charge in [-0.1, -0.05) is 23.2 Å². The van der Waals surface area contributed by atoms with Crippen LogP contribution in [-0.4, -0.2) is 10.9 Å². The SMILES string of the molecule is O=C(Nc1ncc(Cc2cc(Cl)ccc2Cl)s1)C1CC1. The van der Waals surface area contributed by atoms with Crippen LogP contribution in [0.5, 0.6) is 0 Å². The summed E-state index contributed by atoms with van der Waals surface area (Å²) in [6, 6.07) is 5.41. The third-order valence-electron chi connectivity index (χ3n) is 3.10. The van der Waals surface area contributed by atoms with Gasteiger partial charge in [-0.05, 0) is 36.6 Å². The van der Waals surface area contributed by atoms with E-state index in [1.807, 2.05) is 6.07 Å². The number of carbonyl (C=O) groups excluding carboxylic acids is 1. The molecule has 0 atom stereocenters. The third kappa shape index (κ3) is 3.32. The van der Waals surface area contributed by atoms with Gasteiger partial charge in [0.25, 0.3) is 0 Å². The van der Waals surface area contributed by atoms with Gasteiger partial charge in [0.1, 0.15) is 0 Å². The highest BCUT2D eigenvalue weighted by Gasteiger charge is 2.30. The van der Waals surface area contributed by atoms with Crippen LogP contribution in [0.2, 0.25) is 10.0 Å². The second-order valence-electron chi connectivity index (χ2n) is 4.81. The van der Waals surface area contributed by atoms with Gasteiger partial charge in [0.15, 0.2) is 5.13 Å². The molecule has 0 spiro atoms. The van der Waals surface area contributed by atoms with Crippen LogP contribution < -0.4 is 5.32 Å². The smallest absolute Gasteiger partial charge is 0.229 e. The van der Waals surface area contributed by atoms with Crippen molar-refractivity contribution < 1.29 is 4.79 Å². The van der Waals surface area contributed by atoms with E-state index in [-0.39, 0.29) is 11.8 Å². The summed E-state index contributed by atoms with van der Waals surface area (Å²) < 4.78 is 0. The minimum Gasteiger partial charge on any atom is -0.302 e. The van der Waals surface area contributed by atoms with Crippen molar-refractivity contribution in [1.82, 2.24) is 4.98 Å². The van der Waals surface area contributed by atoms with Gasteiger partial charge < -0.3 is 5.32 Å². The summed E-state index contributed by atoms with van der Waals surface area (Å²) in [7, 11) is 0. The molecule has 0 bridgehead atoms. The van der Waals surface area contributed by atoms with E-state index in [1.54, 1.807) is 18.3 Å². The van der Waals surface area contributed by atoms with Gasteiger partial charge in [-0.3, -0.25) is 4.79 Å². The molecule has 1 aliphatic rings. The normalized spacial score (nSPS) is 14.3. The molecule has 104 valence electrons. The van der Waals surface area contributed by atoms with Crippen LogP contribution in [0.4, 0.5) is 5.13 Å². The highest BCUT2D eigenvalue weighted by atomic mass is 35.5. The quantitative estimate of drug-likeness (QED) is 0.905. The molecule has 6 heteroatoms. The Morgan fingerprint density at radius 2 is 2.20 bits per heavy atom. The van der Waals surface area contributed by atoms with Gasteiger partial charge in [0, 0.05) is 33.5 Å². The number of benzene rings is 1. The fourth-order valence-corrected chi connectivity index (χ4v) is 3.08. The van der Waals surface area contributed by atoms with E-state index in [9.17, 15) is 4.79 Å². The molecular weight excluding hydrogens is 315 g/mol. The lowest BCUT2D eigenvalue weighted by Crippen LogP contribution is -2.12. The van der Waals surface area contributed by atoms with E-state index in [1.165, 1.54) is 11.3 Å². The molecule has 0 unspecified atom stereocenters. The maximum atomic E-state index is 11.7. The second-order valence-corrected chi connectivity index (χ2v) is 6.77. The Bertz CT molecular complexity index is 652. The molecule has 1 aromatic heterocycles. The van der Waals surface area contributed by atoms with Crippen LogP contribution in [0.3, 0.4) is 0 Å². The number of halogens is 2. The van der Waals surface area contributed by atoms with E-state index in [0.29, 0.717) is 21.6 Å². The van der Waals surface area contributed by atoms with E-state index in [0.717, 1.165) is 23.3 Å². The standard InChI is InChI=1S/C14H12Cl2N2OS/c15-10-3-4-12(16)9(5-10)6-11-7-17-14(20-11)18-13(19)8-1-2-8/h3-5,7-8H,1-2,6H2,(H,17,18,19). The molecule has 1 fully saturated rings. The van der Waals surface area contributed by atoms with Crippen molar-refractivity contribution in [3.8, 4) is 0 Å². The van der Waals surface area contributed by atoms with Crippen LogP contribution in [-0.2, 0) is 11.2 Å². The van der Waals surface area contributed by atoms with Crippen LogP contribution in [0, 0.1) is 5.92 Å². The van der Waals surface area contributed by atoms with Gasteiger partial charge in [0.2, 0.25) is 5.91 Å². The second kappa shape index (κ2) is 5.72. The number of amides is 1. The molecule has 1 aliphatic carbocycles. The molecule has 2 aromatic rings. The van der Waals surface area contributed by atoms with Gasteiger partial charge >= 0.3 is 0 Å². The molecule has 0 radical (unpaired) electrons. The van der Waals surface area contributed by atoms with Crippen LogP contribution in [0.15, 0.2) is 24.4 Å². The van der Waals surface area contributed by atoms with Crippen LogP contribution in [0.25, 0.3) is 0 Å². The Labute approximate surface area is 130 Å². The molecule has 20 heavy (non-hydrogen) atoms. The van der Waals surface area contributed by atoms with E-state index in [4.69, 9.17) is 23.2 Å². The molecule has 1 heterocycles. The fraction of sp³-hybridized carbons (Fsp3) is 0.286. The summed E-state index contributed by atoms with van der Waals surface area (Å²) in [6.45, 7) is 0. The lowest BCUT2D eigenvalue weighted by atomic mass is 10.1. The first-order valence-electron chi connectivity index (χ1n) is 6.31. The summed E-state index contributed by atoms with van der Waals surface area (Å²) in [4.78, 5) is 16.9. The first-order valence-corrected chi connectivity index (χ1v) is 7.88. The van der Waals surface area contributed by atoms with Gasteiger partial charge in [-0.25, -0.2) is 4.98 Å². The number of carbonyl (C=O) groups is 1. The van der Waals surface area contributed by atoms with Gasteiger partial charge in [0.05, 0.1) is 0 Å². The van der Waals surface area contributed by atoms with Crippen molar-refractivity contribution in [2.45, 2.75) is 19.3 Å². The lowest BCUT2D eigenvalue weighted by molar-refractivity contribution is -0.117. The number of anilines is 1. The van der Waals surface area contributed by atoms with Crippen molar-refractivity contribution in [2.24, 2.45) is 5.92 Å². The van der Waals surface area contributed by atoms with Crippen molar-refractivity contribution >= 4 is 45.6 Å². The Balaban J connectivity index is 1.70. The number of rotatable bonds is 4. The van der Waals surface area contributed by atoms with Crippen molar-refractivity contribution in [2.75, 3.05) is 5.32 Å². The van der Waals surface area contributed by atoms with Crippen molar-refractivity contribution in [1.29, 1.82) is 0 Å². The minimum atomic E-state index is 0.0756. The van der Waals surface area contributed by atoms with E-state index < -0.39 is 0 Å². The number of aromatic nitrogens is 1. The van der Waals surface area contributed by atoms with Gasteiger partial charge in [-0.2, -0.15) is 0 Å². The maximum absolute atomic E-state index is 11.7. The molecule has 3 nitrogen and oxygen atoms in total. The van der Waals surface area contributed by atoms with Crippen LogP contribution >= 0.6 is 34.5 Å². The Morgan fingerprint density at radius 3 is 2.95 bits per heavy atom. The zero-order chi connectivity index (χ0) is 14.1. The number of hydrogen-bond acceptors (Lipinski definition) is 3. The zero-order valence-corrected chi connectivity index (χ0v) is 12.9. The number of hydrogen-bond donors (Lipinski definition) is 1. The van der Waals surface area contributed by atoms with E-state index in [2.05, 4.69) is 10.3 Å². The summed E-state index contributed by atoms with van der Waals surface area (Å²) in [5, 5.41) is 4.84. The zero-order valence-electron chi connectivity index (χ0n) is 10.5. The van der Waals surface area contributed by atoms with Crippen molar-refractivity contribution in [3.63, 3.8) is 0 Å². The Kier molecular flexibility index (Phi) is 3.96. The monoisotopic (exact) mass is 326 g/mol. The van der Waals surface area contributed by atoms with Crippen LogP contribution in [0.1, 0.15) is 23.3 Å². The molecule has 3 rings (SSSR count). The molecule has 0 aliphatic heterocycles. The Hall–Kier alpha value is -1.10. The number of thiazole rings is 1. The Morgan fingerprint density at radius 1 is 1.40 bits per heavy atom. The van der Waals surface area contributed by atoms with Gasteiger partial charge in [-0.15, -0.1) is 11.3 Å². The molecule has 1 saturated carbocycles. The molecule has 1 aromatic carbocycles. The summed E-state index contributed by atoms with van der Waals surface area (Å²) in [5.41, 5.74) is 0.961. The molecule has 1 N–H and O–H groups in total. The summed E-state index contributed by atoms with van der Waals surface area (Å²) >= 11 is 13.6. The summed E-state index contributed by atoms with van der Waals surface area (Å²) in [5.74, 6) is 0.261. The maximum Gasteiger partial charge on any atom is 0.229 e. The molecule has 0 saturated heterocycles. The summed E-state index contributed by atoms with van der Waals surface area (Å²) in [6.07, 6.45) is 4.41. The topological polar surface area (TPSA) is 42.0 Å². The minimum absolute atomic E-state index is 0.0756. The average Bonchev–Trinajstić information content (AvgIpc) is 3.17. The number of nitrogens with one attached hydrogen (secondary N) is 1. The van der Waals surface area contributed by atoms with Crippen molar-refractivity contribution in [3.05, 3.63) is 44.9 Å². The third-order valence-corrected chi connectivity index (χ3v) is 4.62. The molecular formula is C14H12Cl2N2OS. The van der Waals surface area contributed by atoms with E-state index >= 15 is 0 Å². The first-order chi connectivity index (χ1) is 9.61. The lowest BCUT2D eigenvalue weighted by Gasteiger charge is -2.02. The highest BCUT2D eigenvalue weighted by Crippen LogP contribution is 2.31. The average molecular weight is 327 g/mol. The largest absolute Gasteiger partial charge is 0.302 e. The fourth-order valence-electron chi connectivity index (χ4n) is 1.87. The predicted molar refractivity (Wildman–Crippen MR) is 82.7 cm³/mol.